The Hall–Kier alpha value is -1.04. The monoisotopic (exact) mass is 236 g/mol. The van der Waals surface area contributed by atoms with E-state index < -0.39 is 36.2 Å². The molecule has 0 saturated carbocycles. The number of carbonyl (C=O) groups excluding carboxylic acids is 1. The summed E-state index contributed by atoms with van der Waals surface area (Å²) in [5.41, 5.74) is 0. The van der Waals surface area contributed by atoms with Crippen LogP contribution in [-0.4, -0.2) is 31.0 Å². The fourth-order valence-corrected chi connectivity index (χ4v) is 2.22. The largest absolute Gasteiger partial charge is 0.466 e. The number of fused-ring (bicyclic) bond motifs is 2. The molecular formula is C10H11F3O3. The van der Waals surface area contributed by atoms with Gasteiger partial charge in [-0.3, -0.25) is 4.79 Å². The number of halogens is 3. The zero-order valence-electron chi connectivity index (χ0n) is 8.53. The predicted molar refractivity (Wildman–Crippen MR) is 47.5 cm³/mol. The van der Waals surface area contributed by atoms with Gasteiger partial charge >= 0.3 is 12.1 Å². The molecule has 0 aromatic heterocycles. The summed E-state index contributed by atoms with van der Waals surface area (Å²) in [5.74, 6) is -3.86. The van der Waals surface area contributed by atoms with Crippen molar-refractivity contribution in [3.63, 3.8) is 0 Å². The Balaban J connectivity index is 2.22. The lowest BCUT2D eigenvalue weighted by Gasteiger charge is -2.25. The Bertz CT molecular complexity index is 324. The Morgan fingerprint density at radius 2 is 2.00 bits per heavy atom. The van der Waals surface area contributed by atoms with E-state index >= 15 is 0 Å². The van der Waals surface area contributed by atoms with Gasteiger partial charge in [0, 0.05) is 0 Å². The lowest BCUT2D eigenvalue weighted by atomic mass is 9.82. The molecule has 90 valence electrons. The molecule has 1 fully saturated rings. The molecule has 2 aliphatic rings. The van der Waals surface area contributed by atoms with Crippen molar-refractivity contribution in [2.45, 2.75) is 25.3 Å². The second kappa shape index (κ2) is 3.76. The molecular weight excluding hydrogens is 225 g/mol. The van der Waals surface area contributed by atoms with Gasteiger partial charge in [0.25, 0.3) is 0 Å². The topological polar surface area (TPSA) is 35.5 Å². The summed E-state index contributed by atoms with van der Waals surface area (Å²) in [4.78, 5) is 11.5. The van der Waals surface area contributed by atoms with Gasteiger partial charge in [0.1, 0.15) is 11.8 Å². The van der Waals surface area contributed by atoms with E-state index in [9.17, 15) is 18.0 Å². The van der Waals surface area contributed by atoms with Crippen molar-refractivity contribution < 1.29 is 27.4 Å². The molecule has 0 aliphatic carbocycles. The molecule has 0 N–H and O–H groups in total. The molecule has 4 atom stereocenters. The molecule has 1 saturated heterocycles. The highest BCUT2D eigenvalue weighted by Crippen LogP contribution is 2.47. The maximum Gasteiger partial charge on any atom is 0.395 e. The Labute approximate surface area is 90.2 Å². The van der Waals surface area contributed by atoms with Crippen LogP contribution in [0.1, 0.15) is 6.92 Å². The van der Waals surface area contributed by atoms with Crippen LogP contribution in [0, 0.1) is 11.8 Å². The Morgan fingerprint density at radius 3 is 2.56 bits per heavy atom. The van der Waals surface area contributed by atoms with Crippen molar-refractivity contribution in [1.29, 1.82) is 0 Å². The Kier molecular flexibility index (Phi) is 2.69. The normalized spacial score (nSPS) is 36.8. The zero-order valence-corrected chi connectivity index (χ0v) is 8.53. The van der Waals surface area contributed by atoms with Gasteiger partial charge in [-0.2, -0.15) is 13.2 Å². The number of carbonyl (C=O) groups is 1. The van der Waals surface area contributed by atoms with Crippen LogP contribution in [0.5, 0.6) is 0 Å². The van der Waals surface area contributed by atoms with Gasteiger partial charge in [-0.15, -0.1) is 0 Å². The zero-order chi connectivity index (χ0) is 11.9. The van der Waals surface area contributed by atoms with Crippen LogP contribution < -0.4 is 0 Å². The molecule has 2 heterocycles. The highest BCUT2D eigenvalue weighted by Gasteiger charge is 2.61. The first-order valence-electron chi connectivity index (χ1n) is 5.02. The van der Waals surface area contributed by atoms with E-state index in [-0.39, 0.29) is 6.61 Å². The second-order valence-electron chi connectivity index (χ2n) is 3.80. The summed E-state index contributed by atoms with van der Waals surface area (Å²) in [7, 11) is 0. The maximum absolute atomic E-state index is 12.7. The minimum Gasteiger partial charge on any atom is -0.466 e. The number of esters is 1. The lowest BCUT2D eigenvalue weighted by molar-refractivity contribution is -0.197. The third-order valence-electron chi connectivity index (χ3n) is 2.84. The van der Waals surface area contributed by atoms with Crippen LogP contribution in [0.15, 0.2) is 12.2 Å². The van der Waals surface area contributed by atoms with Crippen molar-refractivity contribution in [2.24, 2.45) is 11.8 Å². The molecule has 0 spiro atoms. The molecule has 0 aromatic rings. The van der Waals surface area contributed by atoms with Crippen molar-refractivity contribution >= 4 is 5.97 Å². The number of hydrogen-bond acceptors (Lipinski definition) is 3. The van der Waals surface area contributed by atoms with Crippen LogP contribution in [0.4, 0.5) is 13.2 Å². The van der Waals surface area contributed by atoms with Crippen LogP contribution in [0.25, 0.3) is 0 Å². The van der Waals surface area contributed by atoms with E-state index in [1.165, 1.54) is 12.2 Å². The number of alkyl halides is 3. The first-order chi connectivity index (χ1) is 7.45. The summed E-state index contributed by atoms with van der Waals surface area (Å²) in [6, 6.07) is 0. The fraction of sp³-hybridized carbons (Fsp3) is 0.700. The summed E-state index contributed by atoms with van der Waals surface area (Å²) in [5, 5.41) is 0. The quantitative estimate of drug-likeness (QED) is 0.540. The van der Waals surface area contributed by atoms with Gasteiger partial charge in [-0.1, -0.05) is 12.2 Å². The first-order valence-corrected chi connectivity index (χ1v) is 5.02. The highest BCUT2D eigenvalue weighted by atomic mass is 19.4. The van der Waals surface area contributed by atoms with Gasteiger partial charge in [-0.05, 0) is 6.92 Å². The first kappa shape index (κ1) is 11.4. The van der Waals surface area contributed by atoms with E-state index in [0.29, 0.717) is 0 Å². The van der Waals surface area contributed by atoms with Crippen LogP contribution in [0.3, 0.4) is 0 Å². The van der Waals surface area contributed by atoms with Gasteiger partial charge in [-0.25, -0.2) is 0 Å². The van der Waals surface area contributed by atoms with Crippen molar-refractivity contribution in [3.05, 3.63) is 12.2 Å². The molecule has 0 aromatic carbocycles. The van der Waals surface area contributed by atoms with E-state index in [2.05, 4.69) is 4.74 Å². The van der Waals surface area contributed by atoms with Gasteiger partial charge in [0.2, 0.25) is 0 Å². The summed E-state index contributed by atoms with van der Waals surface area (Å²) in [6.45, 7) is 1.63. The van der Waals surface area contributed by atoms with Crippen molar-refractivity contribution in [2.75, 3.05) is 6.61 Å². The van der Waals surface area contributed by atoms with E-state index in [4.69, 9.17) is 4.74 Å². The summed E-state index contributed by atoms with van der Waals surface area (Å²) < 4.78 is 48.0. The molecule has 0 amide bonds. The summed E-state index contributed by atoms with van der Waals surface area (Å²) >= 11 is 0. The van der Waals surface area contributed by atoms with Crippen LogP contribution in [-0.2, 0) is 14.3 Å². The van der Waals surface area contributed by atoms with E-state index in [1.54, 1.807) is 6.92 Å². The van der Waals surface area contributed by atoms with Crippen LogP contribution >= 0.6 is 0 Å². The lowest BCUT2D eigenvalue weighted by Crippen LogP contribution is -2.41. The SMILES string of the molecule is CCOC(=O)[C@@H]1[C@H](C(F)(F)F)[C@H]2C=C[C@@H]1O2. The number of hydrogen-bond donors (Lipinski definition) is 0. The second-order valence-corrected chi connectivity index (χ2v) is 3.80. The van der Waals surface area contributed by atoms with Crippen molar-refractivity contribution in [3.8, 4) is 0 Å². The van der Waals surface area contributed by atoms with Crippen molar-refractivity contribution in [1.82, 2.24) is 0 Å². The molecule has 3 nitrogen and oxygen atoms in total. The average Bonchev–Trinajstić information content (AvgIpc) is 2.74. The minimum absolute atomic E-state index is 0.0704. The average molecular weight is 236 g/mol. The minimum atomic E-state index is -4.44. The molecule has 0 unspecified atom stereocenters. The molecule has 16 heavy (non-hydrogen) atoms. The van der Waals surface area contributed by atoms with Gasteiger partial charge < -0.3 is 9.47 Å². The number of ether oxygens (including phenoxy) is 2. The number of rotatable bonds is 2. The Morgan fingerprint density at radius 1 is 1.38 bits per heavy atom. The predicted octanol–water partition coefficient (Wildman–Crippen LogP) is 1.68. The standard InChI is InChI=1S/C10H11F3O3/c1-2-15-9(14)7-5-3-4-6(16-5)8(7)10(11,12)13/h3-8H,2H2,1H3/t5-,6+,7-,8+/m0/s1. The maximum atomic E-state index is 12.7. The third-order valence-corrected chi connectivity index (χ3v) is 2.84. The molecule has 0 radical (unpaired) electrons. The van der Waals surface area contributed by atoms with Gasteiger partial charge in [0.05, 0.1) is 18.8 Å². The fourth-order valence-electron chi connectivity index (χ4n) is 2.22. The molecule has 2 bridgehead atoms. The summed E-state index contributed by atoms with van der Waals surface area (Å²) in [6.07, 6.45) is -3.43. The smallest absolute Gasteiger partial charge is 0.395 e. The highest BCUT2D eigenvalue weighted by molar-refractivity contribution is 5.75. The van der Waals surface area contributed by atoms with E-state index in [1.807, 2.05) is 0 Å². The van der Waals surface area contributed by atoms with Crippen LogP contribution in [0.2, 0.25) is 0 Å². The molecule has 2 aliphatic heterocycles. The van der Waals surface area contributed by atoms with Gasteiger partial charge in [0.15, 0.2) is 0 Å². The van der Waals surface area contributed by atoms with E-state index in [0.717, 1.165) is 0 Å². The molecule has 6 heteroatoms. The third kappa shape index (κ3) is 1.71. The molecule has 2 rings (SSSR count).